The lowest BCUT2D eigenvalue weighted by Crippen LogP contribution is -2.43. The van der Waals surface area contributed by atoms with Gasteiger partial charge in [-0.2, -0.15) is 0 Å². The lowest BCUT2D eigenvalue weighted by molar-refractivity contribution is -0.122. The molecule has 0 aromatic carbocycles. The Kier molecular flexibility index (Phi) is 9.18. The van der Waals surface area contributed by atoms with Gasteiger partial charge >= 0.3 is 0 Å². The molecule has 0 aliphatic heterocycles. The van der Waals surface area contributed by atoms with Crippen molar-refractivity contribution in [3.8, 4) is 0 Å². The molecule has 1 amide bonds. The van der Waals surface area contributed by atoms with Crippen molar-refractivity contribution >= 4 is 5.91 Å². The number of carbonyl (C=O) groups excluding carboxylic acids is 1. The number of likely N-dealkylation sites (N-methyl/N-ethyl adjacent to an activating group) is 2. The van der Waals surface area contributed by atoms with Crippen LogP contribution in [0.1, 0.15) is 13.8 Å². The van der Waals surface area contributed by atoms with E-state index in [2.05, 4.69) is 15.5 Å². The van der Waals surface area contributed by atoms with E-state index < -0.39 is 0 Å². The summed E-state index contributed by atoms with van der Waals surface area (Å²) in [5, 5.41) is 5.87. The van der Waals surface area contributed by atoms with Gasteiger partial charge in [0.2, 0.25) is 5.91 Å². The monoisotopic (exact) mass is 231 g/mol. The highest BCUT2D eigenvalue weighted by molar-refractivity contribution is 5.81. The van der Waals surface area contributed by atoms with E-state index in [0.717, 1.165) is 13.2 Å². The molecule has 0 spiro atoms. The number of nitrogens with zero attached hydrogens (tertiary/aromatic N) is 1. The molecule has 0 aromatic heterocycles. The normalized spacial score (nSPS) is 12.8. The first kappa shape index (κ1) is 15.3. The lowest BCUT2D eigenvalue weighted by atomic mass is 10.3. The van der Waals surface area contributed by atoms with Crippen LogP contribution in [0.15, 0.2) is 0 Å². The Morgan fingerprint density at radius 1 is 1.38 bits per heavy atom. The second-order valence-electron chi connectivity index (χ2n) is 3.99. The molecule has 0 aromatic rings. The number of nitrogens with one attached hydrogen (secondary N) is 2. The van der Waals surface area contributed by atoms with Crippen LogP contribution < -0.4 is 10.6 Å². The molecular weight excluding hydrogens is 206 g/mol. The Bertz CT molecular complexity index is 186. The van der Waals surface area contributed by atoms with Crippen molar-refractivity contribution in [2.75, 3.05) is 46.9 Å². The van der Waals surface area contributed by atoms with Crippen LogP contribution in [0.5, 0.6) is 0 Å². The van der Waals surface area contributed by atoms with E-state index in [0.29, 0.717) is 19.7 Å². The summed E-state index contributed by atoms with van der Waals surface area (Å²) in [5.74, 6) is 0.0378. The summed E-state index contributed by atoms with van der Waals surface area (Å²) in [7, 11) is 4.03. The minimum absolute atomic E-state index is 0.0378. The SMILES string of the molecule is CCNC(=O)C(C)NCCOCCN(C)C. The molecule has 96 valence electrons. The summed E-state index contributed by atoms with van der Waals surface area (Å²) >= 11 is 0. The van der Waals surface area contributed by atoms with Crippen molar-refractivity contribution in [3.63, 3.8) is 0 Å². The fourth-order valence-electron chi connectivity index (χ4n) is 1.12. The van der Waals surface area contributed by atoms with Gasteiger partial charge in [0.1, 0.15) is 0 Å². The Morgan fingerprint density at radius 3 is 2.62 bits per heavy atom. The summed E-state index contributed by atoms with van der Waals surface area (Å²) in [4.78, 5) is 13.4. The van der Waals surface area contributed by atoms with Crippen molar-refractivity contribution in [3.05, 3.63) is 0 Å². The molecule has 0 fully saturated rings. The van der Waals surface area contributed by atoms with Gasteiger partial charge in [0.25, 0.3) is 0 Å². The number of ether oxygens (including phenoxy) is 1. The third kappa shape index (κ3) is 8.64. The van der Waals surface area contributed by atoms with Gasteiger partial charge in [-0.1, -0.05) is 0 Å². The lowest BCUT2D eigenvalue weighted by Gasteiger charge is -2.14. The third-order valence-corrected chi connectivity index (χ3v) is 2.12. The molecule has 1 atom stereocenters. The zero-order chi connectivity index (χ0) is 12.4. The van der Waals surface area contributed by atoms with Crippen molar-refractivity contribution in [2.24, 2.45) is 0 Å². The van der Waals surface area contributed by atoms with Crippen LogP contribution in [0, 0.1) is 0 Å². The highest BCUT2D eigenvalue weighted by Crippen LogP contribution is 1.82. The second kappa shape index (κ2) is 9.57. The molecule has 0 aliphatic carbocycles. The van der Waals surface area contributed by atoms with Crippen LogP contribution >= 0.6 is 0 Å². The maximum absolute atomic E-state index is 11.3. The predicted molar refractivity (Wildman–Crippen MR) is 65.5 cm³/mol. The summed E-state index contributed by atoms with van der Waals surface area (Å²) in [6.07, 6.45) is 0. The summed E-state index contributed by atoms with van der Waals surface area (Å²) in [5.41, 5.74) is 0. The van der Waals surface area contributed by atoms with Crippen molar-refractivity contribution < 1.29 is 9.53 Å². The van der Waals surface area contributed by atoms with Gasteiger partial charge in [-0.15, -0.1) is 0 Å². The Labute approximate surface area is 98.5 Å². The van der Waals surface area contributed by atoms with E-state index in [1.165, 1.54) is 0 Å². The highest BCUT2D eigenvalue weighted by Gasteiger charge is 2.09. The van der Waals surface area contributed by atoms with Crippen molar-refractivity contribution in [2.45, 2.75) is 19.9 Å². The maximum atomic E-state index is 11.3. The minimum Gasteiger partial charge on any atom is -0.379 e. The number of hydrogen-bond acceptors (Lipinski definition) is 4. The Morgan fingerprint density at radius 2 is 2.06 bits per heavy atom. The molecule has 2 N–H and O–H groups in total. The Balaban J connectivity index is 3.34. The van der Waals surface area contributed by atoms with E-state index in [1.54, 1.807) is 0 Å². The zero-order valence-corrected chi connectivity index (χ0v) is 10.9. The zero-order valence-electron chi connectivity index (χ0n) is 10.9. The average molecular weight is 231 g/mol. The van der Waals surface area contributed by atoms with Gasteiger partial charge in [0.15, 0.2) is 0 Å². The first-order valence-electron chi connectivity index (χ1n) is 5.81. The molecule has 0 radical (unpaired) electrons. The first-order chi connectivity index (χ1) is 7.57. The maximum Gasteiger partial charge on any atom is 0.236 e. The molecule has 0 saturated carbocycles. The Hall–Kier alpha value is -0.650. The van der Waals surface area contributed by atoms with Crippen LogP contribution in [0.2, 0.25) is 0 Å². The summed E-state index contributed by atoms with van der Waals surface area (Å²) in [6.45, 7) is 7.42. The van der Waals surface area contributed by atoms with Crippen LogP contribution in [-0.2, 0) is 9.53 Å². The van der Waals surface area contributed by atoms with Gasteiger partial charge in [-0.05, 0) is 27.9 Å². The molecule has 0 aliphatic rings. The first-order valence-corrected chi connectivity index (χ1v) is 5.81. The smallest absolute Gasteiger partial charge is 0.236 e. The molecule has 0 saturated heterocycles. The molecule has 16 heavy (non-hydrogen) atoms. The highest BCUT2D eigenvalue weighted by atomic mass is 16.5. The second-order valence-corrected chi connectivity index (χ2v) is 3.99. The third-order valence-electron chi connectivity index (χ3n) is 2.12. The number of hydrogen-bond donors (Lipinski definition) is 2. The standard InChI is InChI=1S/C11H25N3O2/c1-5-12-11(15)10(2)13-6-8-16-9-7-14(3)4/h10,13H,5-9H2,1-4H3,(H,12,15). The molecule has 1 unspecified atom stereocenters. The van der Waals surface area contributed by atoms with Gasteiger partial charge in [0, 0.05) is 19.6 Å². The predicted octanol–water partition coefficient (Wildman–Crippen LogP) is -0.321. The number of carbonyl (C=O) groups is 1. The quantitative estimate of drug-likeness (QED) is 0.534. The fourth-order valence-corrected chi connectivity index (χ4v) is 1.12. The van der Waals surface area contributed by atoms with Crippen molar-refractivity contribution in [1.82, 2.24) is 15.5 Å². The topological polar surface area (TPSA) is 53.6 Å². The average Bonchev–Trinajstić information content (AvgIpc) is 2.22. The van der Waals surface area contributed by atoms with E-state index in [9.17, 15) is 4.79 Å². The van der Waals surface area contributed by atoms with Gasteiger partial charge in [-0.3, -0.25) is 4.79 Å². The van der Waals surface area contributed by atoms with E-state index in [4.69, 9.17) is 4.74 Å². The van der Waals surface area contributed by atoms with Gasteiger partial charge < -0.3 is 20.3 Å². The fraction of sp³-hybridized carbons (Fsp3) is 0.909. The van der Waals surface area contributed by atoms with Crippen molar-refractivity contribution in [1.29, 1.82) is 0 Å². The molecule has 5 nitrogen and oxygen atoms in total. The van der Waals surface area contributed by atoms with Gasteiger partial charge in [0.05, 0.1) is 19.3 Å². The molecule has 0 rings (SSSR count). The summed E-state index contributed by atoms with van der Waals surface area (Å²) in [6, 6.07) is -0.155. The number of amides is 1. The van der Waals surface area contributed by atoms with E-state index >= 15 is 0 Å². The van der Waals surface area contributed by atoms with E-state index in [1.807, 2.05) is 27.9 Å². The van der Waals surface area contributed by atoms with Crippen LogP contribution in [0.3, 0.4) is 0 Å². The molecular formula is C11H25N3O2. The number of rotatable bonds is 9. The van der Waals surface area contributed by atoms with Crippen LogP contribution in [0.25, 0.3) is 0 Å². The van der Waals surface area contributed by atoms with Gasteiger partial charge in [-0.25, -0.2) is 0 Å². The summed E-state index contributed by atoms with van der Waals surface area (Å²) < 4.78 is 5.40. The largest absolute Gasteiger partial charge is 0.379 e. The van der Waals surface area contributed by atoms with Crippen LogP contribution in [0.4, 0.5) is 0 Å². The van der Waals surface area contributed by atoms with Crippen LogP contribution in [-0.4, -0.2) is 63.8 Å². The minimum atomic E-state index is -0.155. The molecule has 0 bridgehead atoms. The molecule has 0 heterocycles. The van der Waals surface area contributed by atoms with E-state index in [-0.39, 0.29) is 11.9 Å². The molecule has 5 heteroatoms.